The first-order valence-electron chi connectivity index (χ1n) is 6.32. The number of nitrogens with one attached hydrogen (secondary N) is 1. The summed E-state index contributed by atoms with van der Waals surface area (Å²) in [6.07, 6.45) is -0.875. The molecule has 0 fully saturated rings. The highest BCUT2D eigenvalue weighted by Crippen LogP contribution is 2.39. The second-order valence-electron chi connectivity index (χ2n) is 4.70. The molecule has 1 aromatic rings. The van der Waals surface area contributed by atoms with Crippen LogP contribution in [0.2, 0.25) is 0 Å². The second kappa shape index (κ2) is 6.91. The number of amides is 1. The molecule has 22 heavy (non-hydrogen) atoms. The van der Waals surface area contributed by atoms with Crippen LogP contribution >= 0.6 is 15.9 Å². The van der Waals surface area contributed by atoms with E-state index >= 15 is 0 Å². The van der Waals surface area contributed by atoms with Crippen LogP contribution in [0.4, 0.5) is 8.78 Å². The molecule has 0 heterocycles. The zero-order valence-electron chi connectivity index (χ0n) is 12.2. The number of rotatable bonds is 6. The molecule has 1 rings (SSSR count). The molecule has 1 N–H and O–H groups in total. The summed E-state index contributed by atoms with van der Waals surface area (Å²) in [5.74, 6) is -4.24. The molecule has 0 spiro atoms. The van der Waals surface area contributed by atoms with E-state index in [1.54, 1.807) is 4.72 Å². The third-order valence-electron chi connectivity index (χ3n) is 2.74. The smallest absolute Gasteiger partial charge is 0.276 e. The van der Waals surface area contributed by atoms with Crippen molar-refractivity contribution in [1.82, 2.24) is 4.72 Å². The van der Waals surface area contributed by atoms with Crippen LogP contribution < -0.4 is 9.46 Å². The van der Waals surface area contributed by atoms with Gasteiger partial charge in [-0.25, -0.2) is 17.2 Å². The zero-order valence-corrected chi connectivity index (χ0v) is 14.6. The summed E-state index contributed by atoms with van der Waals surface area (Å²) in [6, 6.07) is 4.00. The number of sulfonamides is 1. The summed E-state index contributed by atoms with van der Waals surface area (Å²) in [5, 5.41) is 0. The molecule has 1 amide bonds. The van der Waals surface area contributed by atoms with Gasteiger partial charge >= 0.3 is 0 Å². The van der Waals surface area contributed by atoms with Crippen molar-refractivity contribution in [2.45, 2.75) is 32.3 Å². The van der Waals surface area contributed by atoms with E-state index < -0.39 is 34.4 Å². The number of hydrogen-bond donors (Lipinski definition) is 1. The van der Waals surface area contributed by atoms with Crippen LogP contribution in [-0.2, 0) is 20.7 Å². The number of carbonyl (C=O) groups excluding carboxylic acids is 1. The van der Waals surface area contributed by atoms with Gasteiger partial charge < -0.3 is 4.74 Å². The van der Waals surface area contributed by atoms with Crippen LogP contribution in [0.3, 0.4) is 0 Å². The summed E-state index contributed by atoms with van der Waals surface area (Å²) in [7, 11) is -3.75. The zero-order chi connectivity index (χ0) is 17.1. The number of carbonyl (C=O) groups is 1. The lowest BCUT2D eigenvalue weighted by Gasteiger charge is -2.21. The minimum absolute atomic E-state index is 0.175. The Kier molecular flexibility index (Phi) is 5.91. The van der Waals surface area contributed by atoms with E-state index in [1.807, 2.05) is 0 Å². The average molecular weight is 400 g/mol. The Morgan fingerprint density at radius 1 is 1.45 bits per heavy atom. The van der Waals surface area contributed by atoms with E-state index in [0.29, 0.717) is 4.47 Å². The molecule has 0 bridgehead atoms. The van der Waals surface area contributed by atoms with Crippen LogP contribution in [0.5, 0.6) is 5.75 Å². The molecule has 0 radical (unpaired) electrons. The highest BCUT2D eigenvalue weighted by Gasteiger charge is 2.33. The number of alkyl halides is 2. The van der Waals surface area contributed by atoms with Gasteiger partial charge in [0.2, 0.25) is 10.0 Å². The Labute approximate surface area is 136 Å². The lowest BCUT2D eigenvalue weighted by atomic mass is 10.1. The maximum atomic E-state index is 14.0. The minimum Gasteiger partial charge on any atom is -0.480 e. The average Bonchev–Trinajstić information content (AvgIpc) is 2.38. The largest absolute Gasteiger partial charge is 0.480 e. The molecular formula is C13H16BrF2NO4S. The third kappa shape index (κ3) is 5.20. The van der Waals surface area contributed by atoms with Gasteiger partial charge in [0.05, 0.1) is 11.8 Å². The summed E-state index contributed by atoms with van der Waals surface area (Å²) < 4.78 is 57.3. The standard InChI is InChI=1S/C13H16BrF2NO4S/c1-4-13(15,16)10-7-9(14)5-6-11(10)21-8(2)12(18)17-22(3,19)20/h5-8H,4H2,1-3H3,(H,17,18). The predicted molar refractivity (Wildman–Crippen MR) is 81.4 cm³/mol. The fourth-order valence-electron chi connectivity index (χ4n) is 1.59. The molecule has 1 aromatic carbocycles. The Morgan fingerprint density at radius 2 is 2.05 bits per heavy atom. The van der Waals surface area contributed by atoms with E-state index in [0.717, 1.165) is 6.26 Å². The molecule has 1 unspecified atom stereocenters. The third-order valence-corrected chi connectivity index (χ3v) is 3.80. The van der Waals surface area contributed by atoms with Crippen LogP contribution in [0.1, 0.15) is 25.8 Å². The Morgan fingerprint density at radius 3 is 2.55 bits per heavy atom. The van der Waals surface area contributed by atoms with Crippen LogP contribution in [0.25, 0.3) is 0 Å². The van der Waals surface area contributed by atoms with E-state index in [9.17, 15) is 22.0 Å². The fraction of sp³-hybridized carbons (Fsp3) is 0.462. The molecule has 0 aliphatic rings. The maximum absolute atomic E-state index is 14.0. The molecular weight excluding hydrogens is 384 g/mol. The number of halogens is 3. The Hall–Kier alpha value is -1.22. The van der Waals surface area contributed by atoms with Gasteiger partial charge in [0, 0.05) is 10.9 Å². The van der Waals surface area contributed by atoms with Crippen molar-refractivity contribution in [2.75, 3.05) is 6.26 Å². The monoisotopic (exact) mass is 399 g/mol. The van der Waals surface area contributed by atoms with E-state index in [2.05, 4.69) is 15.9 Å². The molecule has 0 saturated carbocycles. The number of benzene rings is 1. The van der Waals surface area contributed by atoms with Crippen molar-refractivity contribution >= 4 is 31.9 Å². The van der Waals surface area contributed by atoms with Gasteiger partial charge in [-0.15, -0.1) is 0 Å². The van der Waals surface area contributed by atoms with Crippen molar-refractivity contribution in [2.24, 2.45) is 0 Å². The molecule has 0 aliphatic heterocycles. The molecule has 1 atom stereocenters. The fourth-order valence-corrected chi connectivity index (χ4v) is 2.48. The topological polar surface area (TPSA) is 72.5 Å². The first-order valence-corrected chi connectivity index (χ1v) is 9.01. The summed E-state index contributed by atoms with van der Waals surface area (Å²) in [5.41, 5.74) is -0.372. The quantitative estimate of drug-likeness (QED) is 0.797. The molecule has 9 heteroatoms. The van der Waals surface area contributed by atoms with Crippen molar-refractivity contribution in [3.63, 3.8) is 0 Å². The Balaban J connectivity index is 3.06. The van der Waals surface area contributed by atoms with Crippen LogP contribution in [-0.4, -0.2) is 26.7 Å². The normalized spacial score (nSPS) is 13.5. The van der Waals surface area contributed by atoms with Crippen molar-refractivity contribution in [3.05, 3.63) is 28.2 Å². The Bertz CT molecular complexity index is 664. The van der Waals surface area contributed by atoms with Gasteiger partial charge in [-0.1, -0.05) is 22.9 Å². The van der Waals surface area contributed by atoms with Gasteiger partial charge in [0.25, 0.3) is 11.8 Å². The van der Waals surface area contributed by atoms with Gasteiger partial charge in [-0.3, -0.25) is 9.52 Å². The first kappa shape index (κ1) is 18.8. The van der Waals surface area contributed by atoms with Gasteiger partial charge in [0.1, 0.15) is 5.75 Å². The molecule has 124 valence electrons. The molecule has 5 nitrogen and oxygen atoms in total. The predicted octanol–water partition coefficient (Wildman–Crippen LogP) is 2.79. The van der Waals surface area contributed by atoms with Crippen molar-refractivity contribution in [3.8, 4) is 5.75 Å². The SMILES string of the molecule is CCC(F)(F)c1cc(Br)ccc1OC(C)C(=O)NS(C)(=O)=O. The summed E-state index contributed by atoms with van der Waals surface area (Å²) in [4.78, 5) is 11.6. The lowest BCUT2D eigenvalue weighted by Crippen LogP contribution is -2.39. The first-order chi connectivity index (χ1) is 9.96. The maximum Gasteiger partial charge on any atom is 0.276 e. The minimum atomic E-state index is -3.75. The molecule has 0 aliphatic carbocycles. The van der Waals surface area contributed by atoms with Crippen molar-refractivity contribution in [1.29, 1.82) is 0 Å². The van der Waals surface area contributed by atoms with E-state index in [4.69, 9.17) is 4.74 Å². The van der Waals surface area contributed by atoms with Gasteiger partial charge in [-0.2, -0.15) is 0 Å². The van der Waals surface area contributed by atoms with Crippen LogP contribution in [0.15, 0.2) is 22.7 Å². The number of ether oxygens (including phenoxy) is 1. The summed E-state index contributed by atoms with van der Waals surface area (Å²) >= 11 is 3.11. The highest BCUT2D eigenvalue weighted by molar-refractivity contribution is 9.10. The van der Waals surface area contributed by atoms with E-state index in [1.165, 1.54) is 32.0 Å². The highest BCUT2D eigenvalue weighted by atomic mass is 79.9. The summed E-state index contributed by atoms with van der Waals surface area (Å²) in [6.45, 7) is 2.60. The second-order valence-corrected chi connectivity index (χ2v) is 7.36. The van der Waals surface area contributed by atoms with Gasteiger partial charge in [-0.05, 0) is 25.1 Å². The number of hydrogen-bond acceptors (Lipinski definition) is 4. The van der Waals surface area contributed by atoms with Gasteiger partial charge in [0.15, 0.2) is 6.10 Å². The molecule has 0 saturated heterocycles. The van der Waals surface area contributed by atoms with Crippen molar-refractivity contribution < 1.29 is 26.7 Å². The van der Waals surface area contributed by atoms with Crippen LogP contribution in [0, 0.1) is 0 Å². The molecule has 0 aromatic heterocycles. The van der Waals surface area contributed by atoms with E-state index in [-0.39, 0.29) is 11.3 Å². The lowest BCUT2D eigenvalue weighted by molar-refractivity contribution is -0.125.